The van der Waals surface area contributed by atoms with Gasteiger partial charge in [-0.2, -0.15) is 0 Å². The molecule has 0 N–H and O–H groups in total. The first kappa shape index (κ1) is 70.2. The standard InChI is InChI=1S/C56H35FN4.C56H36N4/c57-42-26-30-44(31-27-42)61-52-17-9-6-13-46(52)49-35-41(25-33-54(49)61)37-20-18-36(19-21-37)40-24-32-53-48(34-40)45-12-5-8-16-51(45)60(53)43-28-22-39(23-29-43)56-58-50-15-7-4-14-47(50)55(59-56)38-10-2-1-3-11-38;1-3-13-39(14-4-1)55-47-19-7-10-20-50(47)57-56(58-55)40-27-31-44(32-28-40)60-52-22-12-9-18-46(52)49-36-42(30-34-54(49)60)38-25-23-37(24-26-38)41-29-33-53-48(35-41)45-17-8-11-21-51(45)59(53)43-15-5-2-6-16-43/h1-35H;1-36H. The number of hydrogen-bond donors (Lipinski definition) is 0. The van der Waals surface area contributed by atoms with Crippen LogP contribution in [0.1, 0.15) is 0 Å². The van der Waals surface area contributed by atoms with Crippen LogP contribution in [0, 0.1) is 5.82 Å². The molecule has 6 heterocycles. The summed E-state index contributed by atoms with van der Waals surface area (Å²) in [5.41, 5.74) is 30.8. The van der Waals surface area contributed by atoms with Gasteiger partial charge in [-0.3, -0.25) is 0 Å². The summed E-state index contributed by atoms with van der Waals surface area (Å²) in [6.07, 6.45) is 0. The van der Waals surface area contributed by atoms with Crippen molar-refractivity contribution in [1.82, 2.24) is 38.2 Å². The summed E-state index contributed by atoms with van der Waals surface area (Å²) in [6.45, 7) is 0. The molecule has 0 unspecified atom stereocenters. The fraction of sp³-hybridized carbons (Fsp3) is 0. The van der Waals surface area contributed by atoms with Crippen molar-refractivity contribution in [2.45, 2.75) is 0 Å². The molecule has 9 heteroatoms. The van der Waals surface area contributed by atoms with Crippen LogP contribution in [0.5, 0.6) is 0 Å². The van der Waals surface area contributed by atoms with Gasteiger partial charge in [0.15, 0.2) is 11.6 Å². The quantitative estimate of drug-likeness (QED) is 0.122. The van der Waals surface area contributed by atoms with Gasteiger partial charge in [0.05, 0.1) is 66.6 Å². The normalized spacial score (nSPS) is 11.7. The van der Waals surface area contributed by atoms with Crippen molar-refractivity contribution in [2.24, 2.45) is 0 Å². The zero-order chi connectivity index (χ0) is 80.0. The summed E-state index contributed by atoms with van der Waals surface area (Å²) < 4.78 is 23.1. The van der Waals surface area contributed by atoms with E-state index in [1.165, 1.54) is 99.8 Å². The second-order valence-electron chi connectivity index (χ2n) is 31.0. The van der Waals surface area contributed by atoms with Crippen LogP contribution in [0.3, 0.4) is 0 Å². The Kier molecular flexibility index (Phi) is 16.9. The highest BCUT2D eigenvalue weighted by Crippen LogP contribution is 2.43. The van der Waals surface area contributed by atoms with E-state index in [1.54, 1.807) is 0 Å². The fourth-order valence-electron chi connectivity index (χ4n) is 18.2. The van der Waals surface area contributed by atoms with E-state index in [4.69, 9.17) is 19.9 Å². The van der Waals surface area contributed by atoms with E-state index < -0.39 is 0 Å². The number of nitrogens with zero attached hydrogens (tertiary/aromatic N) is 8. The van der Waals surface area contributed by atoms with Crippen LogP contribution in [-0.2, 0) is 0 Å². The van der Waals surface area contributed by atoms with Crippen molar-refractivity contribution in [3.8, 4) is 113 Å². The molecule has 0 saturated heterocycles. The maximum atomic E-state index is 13.9. The Morgan fingerprint density at radius 1 is 0.157 bits per heavy atom. The first-order valence-electron chi connectivity index (χ1n) is 40.9. The van der Waals surface area contributed by atoms with Gasteiger partial charge in [-0.1, -0.05) is 261 Å². The van der Waals surface area contributed by atoms with Crippen molar-refractivity contribution in [1.29, 1.82) is 0 Å². The summed E-state index contributed by atoms with van der Waals surface area (Å²) in [6, 6.07) is 151. The minimum Gasteiger partial charge on any atom is -0.309 e. The molecule has 0 aliphatic heterocycles. The third kappa shape index (κ3) is 12.3. The Hall–Kier alpha value is -16.2. The van der Waals surface area contributed by atoms with E-state index >= 15 is 0 Å². The molecule has 0 atom stereocenters. The molecule has 0 fully saturated rings. The molecule has 566 valence electrons. The molecule has 0 aliphatic carbocycles. The highest BCUT2D eigenvalue weighted by atomic mass is 19.1. The maximum Gasteiger partial charge on any atom is 0.160 e. The van der Waals surface area contributed by atoms with E-state index in [0.717, 1.165) is 122 Å². The summed E-state index contributed by atoms with van der Waals surface area (Å²) in [7, 11) is 0. The zero-order valence-corrected chi connectivity index (χ0v) is 65.4. The Labute approximate surface area is 696 Å². The van der Waals surface area contributed by atoms with Gasteiger partial charge in [0.2, 0.25) is 0 Å². The lowest BCUT2D eigenvalue weighted by atomic mass is 9.98. The van der Waals surface area contributed by atoms with Crippen molar-refractivity contribution < 1.29 is 4.39 Å². The van der Waals surface area contributed by atoms with Crippen molar-refractivity contribution >= 4 is 109 Å². The van der Waals surface area contributed by atoms with Crippen LogP contribution in [-0.4, -0.2) is 38.2 Å². The molecule has 0 bridgehead atoms. The average molecular weight is 1550 g/mol. The minimum absolute atomic E-state index is 0.240. The van der Waals surface area contributed by atoms with Crippen LogP contribution in [0.25, 0.3) is 222 Å². The van der Waals surface area contributed by atoms with Gasteiger partial charge in [0, 0.05) is 98.9 Å². The van der Waals surface area contributed by atoms with E-state index in [-0.39, 0.29) is 5.82 Å². The monoisotopic (exact) mass is 1550 g/mol. The third-order valence-electron chi connectivity index (χ3n) is 24.0. The number of fused-ring (bicyclic) bond motifs is 14. The SMILES string of the molecule is Fc1ccc(-n2c3ccccc3c3cc(-c4ccc(-c5ccc6c(c5)c5ccccc5n6-c5ccc(-c6nc(-c7ccccc7)c7ccccc7n6)cc5)cc4)ccc32)cc1.c1ccc(-c2nc(-c3ccc(-n4c5ccccc5c5cc(-c6ccc(-c7ccc8c(c7)c7ccccc7n8-c7ccccc7)cc6)ccc54)cc3)nc3ccccc23)cc1. The van der Waals surface area contributed by atoms with E-state index in [0.29, 0.717) is 11.6 Å². The summed E-state index contributed by atoms with van der Waals surface area (Å²) in [4.78, 5) is 20.2. The Bertz CT molecular complexity index is 8150. The second kappa shape index (κ2) is 29.2. The van der Waals surface area contributed by atoms with Gasteiger partial charge in [-0.15, -0.1) is 0 Å². The lowest BCUT2D eigenvalue weighted by molar-refractivity contribution is 0.627. The molecule has 8 nitrogen and oxygen atoms in total. The average Bonchev–Trinajstić information content (AvgIpc) is 1.61. The van der Waals surface area contributed by atoms with Gasteiger partial charge in [-0.25, -0.2) is 24.3 Å². The molecule has 24 rings (SSSR count). The number of para-hydroxylation sites is 7. The van der Waals surface area contributed by atoms with E-state index in [2.05, 4.69) is 376 Å². The smallest absolute Gasteiger partial charge is 0.160 e. The van der Waals surface area contributed by atoms with Crippen LogP contribution in [0.2, 0.25) is 0 Å². The van der Waals surface area contributed by atoms with Gasteiger partial charge in [-0.05, 0) is 214 Å². The molecule has 18 aromatic carbocycles. The fourth-order valence-corrected chi connectivity index (χ4v) is 18.2. The summed E-state index contributed by atoms with van der Waals surface area (Å²) in [5, 5.41) is 11.8. The molecule has 121 heavy (non-hydrogen) atoms. The molecule has 0 radical (unpaired) electrons. The van der Waals surface area contributed by atoms with Crippen LogP contribution < -0.4 is 0 Å². The number of rotatable bonds is 12. The Balaban J connectivity index is 0.000000141. The summed E-state index contributed by atoms with van der Waals surface area (Å²) >= 11 is 0. The van der Waals surface area contributed by atoms with Crippen molar-refractivity contribution in [2.75, 3.05) is 0 Å². The second-order valence-corrected chi connectivity index (χ2v) is 31.0. The molecule has 6 aromatic heterocycles. The molecule has 0 spiro atoms. The highest BCUT2D eigenvalue weighted by molar-refractivity contribution is 6.14. The van der Waals surface area contributed by atoms with Gasteiger partial charge in [0.1, 0.15) is 5.82 Å². The molecule has 0 saturated carbocycles. The van der Waals surface area contributed by atoms with Crippen molar-refractivity contribution in [3.63, 3.8) is 0 Å². The number of aromatic nitrogens is 8. The number of halogens is 1. The molecule has 0 amide bonds. The largest absolute Gasteiger partial charge is 0.309 e. The predicted molar refractivity (Wildman–Crippen MR) is 500 cm³/mol. The first-order chi connectivity index (χ1) is 59.9. The molecular weight excluding hydrogens is 1480 g/mol. The lowest BCUT2D eigenvalue weighted by Gasteiger charge is -2.11. The topological polar surface area (TPSA) is 71.3 Å². The molecular formula is C112H71FN8. The van der Waals surface area contributed by atoms with Crippen LogP contribution in [0.4, 0.5) is 4.39 Å². The zero-order valence-electron chi connectivity index (χ0n) is 65.4. The number of hydrogen-bond acceptors (Lipinski definition) is 4. The van der Waals surface area contributed by atoms with Gasteiger partial charge < -0.3 is 18.3 Å². The van der Waals surface area contributed by atoms with Gasteiger partial charge in [0.25, 0.3) is 0 Å². The Morgan fingerprint density at radius 2 is 0.388 bits per heavy atom. The van der Waals surface area contributed by atoms with E-state index in [9.17, 15) is 4.39 Å². The predicted octanol–water partition coefficient (Wildman–Crippen LogP) is 29.1. The highest BCUT2D eigenvalue weighted by Gasteiger charge is 2.22. The molecule has 0 aliphatic rings. The lowest BCUT2D eigenvalue weighted by Crippen LogP contribution is -1.97. The third-order valence-corrected chi connectivity index (χ3v) is 24.0. The first-order valence-corrected chi connectivity index (χ1v) is 40.9. The summed E-state index contributed by atoms with van der Waals surface area (Å²) in [5.74, 6) is 1.18. The van der Waals surface area contributed by atoms with Crippen molar-refractivity contribution in [3.05, 3.63) is 437 Å². The van der Waals surface area contributed by atoms with Crippen LogP contribution in [0.15, 0.2) is 431 Å². The Morgan fingerprint density at radius 3 is 0.702 bits per heavy atom. The van der Waals surface area contributed by atoms with E-state index in [1.807, 2.05) is 60.7 Å². The minimum atomic E-state index is -0.240. The maximum absolute atomic E-state index is 13.9. The van der Waals surface area contributed by atoms with Crippen LogP contribution >= 0.6 is 0 Å². The number of benzene rings is 18. The molecule has 24 aromatic rings. The van der Waals surface area contributed by atoms with Gasteiger partial charge >= 0.3 is 0 Å².